The number of alkyl halides is 3. The fraction of sp³-hybridized carbons (Fsp3) is 0.552. The third kappa shape index (κ3) is 6.19. The summed E-state index contributed by atoms with van der Waals surface area (Å²) in [5.74, 6) is -0.283. The van der Waals surface area contributed by atoms with Gasteiger partial charge in [0.15, 0.2) is 0 Å². The summed E-state index contributed by atoms with van der Waals surface area (Å²) < 4.78 is 40.6. The molecule has 11 heteroatoms. The number of hydrogen-bond acceptors (Lipinski definition) is 5. The molecule has 0 unspecified atom stereocenters. The lowest BCUT2D eigenvalue weighted by Gasteiger charge is -2.41. The quantitative estimate of drug-likeness (QED) is 0.416. The van der Waals surface area contributed by atoms with Crippen molar-refractivity contribution in [2.45, 2.75) is 78.2 Å². The predicted molar refractivity (Wildman–Crippen MR) is 151 cm³/mol. The molecule has 1 aliphatic carbocycles. The van der Waals surface area contributed by atoms with E-state index in [4.69, 9.17) is 0 Å². The maximum Gasteiger partial charge on any atom is 0.401 e. The number of hydrogen-bond donors (Lipinski definition) is 2. The number of H-pyrrole nitrogens is 1. The molecule has 2 N–H and O–H groups in total. The van der Waals surface area contributed by atoms with E-state index in [1.165, 1.54) is 4.90 Å². The molecule has 1 amide bonds. The van der Waals surface area contributed by atoms with Crippen molar-refractivity contribution in [2.75, 3.05) is 25.0 Å². The molecule has 2 heterocycles. The molecule has 40 heavy (non-hydrogen) atoms. The van der Waals surface area contributed by atoms with Gasteiger partial charge >= 0.3 is 6.18 Å². The number of aromatic nitrogens is 3. The molecule has 2 aromatic heterocycles. The van der Waals surface area contributed by atoms with Gasteiger partial charge in [-0.05, 0) is 83.7 Å². The Morgan fingerprint density at radius 1 is 1.15 bits per heavy atom. The molecule has 218 valence electrons. The summed E-state index contributed by atoms with van der Waals surface area (Å²) in [6.45, 7) is 7.53. The van der Waals surface area contributed by atoms with Crippen LogP contribution in [-0.4, -0.2) is 64.0 Å². The van der Waals surface area contributed by atoms with Gasteiger partial charge in [0, 0.05) is 54.4 Å². The first-order valence-electron chi connectivity index (χ1n) is 13.8. The number of carbonyl (C=O) groups is 1. The Bertz CT molecular complexity index is 1440. The fourth-order valence-corrected chi connectivity index (χ4v) is 6.17. The molecule has 3 aromatic rings. The maximum absolute atomic E-state index is 13.5. The monoisotopic (exact) mass is 560 g/mol. The van der Waals surface area contributed by atoms with E-state index in [2.05, 4.69) is 27.2 Å². The molecule has 0 radical (unpaired) electrons. The first-order valence-corrected chi connectivity index (χ1v) is 13.8. The van der Waals surface area contributed by atoms with Crippen LogP contribution >= 0.6 is 0 Å². The normalized spacial score (nSPS) is 17.9. The Hall–Kier alpha value is -3.34. The van der Waals surface area contributed by atoms with Crippen molar-refractivity contribution in [1.29, 1.82) is 0 Å². The Morgan fingerprint density at radius 2 is 1.80 bits per heavy atom. The van der Waals surface area contributed by atoms with E-state index in [-0.39, 0.29) is 30.1 Å². The van der Waals surface area contributed by atoms with Gasteiger partial charge in [0.1, 0.15) is 0 Å². The Labute approximate surface area is 232 Å². The number of rotatable bonds is 8. The number of halogens is 3. The molecule has 1 aromatic carbocycles. The van der Waals surface area contributed by atoms with Crippen LogP contribution < -0.4 is 15.8 Å². The zero-order valence-corrected chi connectivity index (χ0v) is 24.1. The van der Waals surface area contributed by atoms with Gasteiger partial charge in [0.25, 0.3) is 11.5 Å². The average Bonchev–Trinajstić information content (AvgIpc) is 3.24. The Balaban J connectivity index is 1.61. The molecule has 1 saturated carbocycles. The van der Waals surface area contributed by atoms with Gasteiger partial charge in [-0.3, -0.25) is 19.2 Å². The zero-order chi connectivity index (χ0) is 29.4. The van der Waals surface area contributed by atoms with E-state index in [1.807, 2.05) is 40.0 Å². The van der Waals surface area contributed by atoms with Crippen LogP contribution in [-0.2, 0) is 13.6 Å². The van der Waals surface area contributed by atoms with Crippen LogP contribution in [0.1, 0.15) is 65.3 Å². The number of fused-ring (bicyclic) bond motifs is 1. The number of aryl methyl sites for hydroxylation is 3. The highest BCUT2D eigenvalue weighted by atomic mass is 19.4. The van der Waals surface area contributed by atoms with Gasteiger partial charge in [-0.1, -0.05) is 0 Å². The number of aromatic amines is 1. The number of pyridine rings is 1. The van der Waals surface area contributed by atoms with Crippen LogP contribution in [0.15, 0.2) is 23.1 Å². The molecule has 0 atom stereocenters. The molecule has 0 bridgehead atoms. The van der Waals surface area contributed by atoms with Gasteiger partial charge in [-0.2, -0.15) is 18.3 Å². The van der Waals surface area contributed by atoms with Gasteiger partial charge in [0.2, 0.25) is 0 Å². The van der Waals surface area contributed by atoms with Crippen LogP contribution in [0.3, 0.4) is 0 Å². The highest BCUT2D eigenvalue weighted by Gasteiger charge is 2.35. The van der Waals surface area contributed by atoms with Crippen molar-refractivity contribution in [3.63, 3.8) is 0 Å². The smallest absolute Gasteiger partial charge is 0.368 e. The van der Waals surface area contributed by atoms with E-state index >= 15 is 0 Å². The van der Waals surface area contributed by atoms with Crippen molar-refractivity contribution in [3.8, 4) is 0 Å². The van der Waals surface area contributed by atoms with Gasteiger partial charge in [-0.15, -0.1) is 0 Å². The second-order valence-corrected chi connectivity index (χ2v) is 11.0. The fourth-order valence-electron chi connectivity index (χ4n) is 6.17. The third-order valence-corrected chi connectivity index (χ3v) is 8.23. The summed E-state index contributed by atoms with van der Waals surface area (Å²) in [6, 6.07) is 3.73. The maximum atomic E-state index is 13.5. The number of amides is 1. The first-order chi connectivity index (χ1) is 18.8. The van der Waals surface area contributed by atoms with E-state index in [9.17, 15) is 22.8 Å². The van der Waals surface area contributed by atoms with Crippen LogP contribution in [0.2, 0.25) is 0 Å². The van der Waals surface area contributed by atoms with E-state index in [1.54, 1.807) is 17.9 Å². The highest BCUT2D eigenvalue weighted by Crippen LogP contribution is 2.38. The minimum Gasteiger partial charge on any atom is -0.368 e. The van der Waals surface area contributed by atoms with Crippen LogP contribution in [0.25, 0.3) is 10.9 Å². The summed E-state index contributed by atoms with van der Waals surface area (Å²) in [5.41, 5.74) is 4.93. The number of anilines is 1. The van der Waals surface area contributed by atoms with E-state index < -0.39 is 12.7 Å². The Kier molecular flexibility index (Phi) is 8.63. The molecule has 1 fully saturated rings. The summed E-state index contributed by atoms with van der Waals surface area (Å²) in [5, 5.41) is 8.31. The number of nitrogens with zero attached hydrogens (tertiary/aromatic N) is 4. The largest absolute Gasteiger partial charge is 0.401 e. The molecule has 0 saturated heterocycles. The zero-order valence-electron chi connectivity index (χ0n) is 24.1. The van der Waals surface area contributed by atoms with E-state index in [0.29, 0.717) is 30.5 Å². The van der Waals surface area contributed by atoms with Crippen LogP contribution in [0.4, 0.5) is 18.9 Å². The molecular weight excluding hydrogens is 521 g/mol. The summed E-state index contributed by atoms with van der Waals surface area (Å²) in [7, 11) is 3.38. The number of nitrogens with one attached hydrogen (secondary N) is 2. The minimum atomic E-state index is -4.21. The molecule has 0 spiro atoms. The molecular formula is C29H39F3N6O2. The van der Waals surface area contributed by atoms with Gasteiger partial charge in [0.05, 0.1) is 23.9 Å². The summed E-state index contributed by atoms with van der Waals surface area (Å²) in [6.07, 6.45) is 0.458. The van der Waals surface area contributed by atoms with Gasteiger partial charge in [-0.25, -0.2) is 0 Å². The van der Waals surface area contributed by atoms with E-state index in [0.717, 1.165) is 46.3 Å². The third-order valence-electron chi connectivity index (χ3n) is 8.23. The average molecular weight is 561 g/mol. The second-order valence-electron chi connectivity index (χ2n) is 11.0. The minimum absolute atomic E-state index is 0.103. The van der Waals surface area contributed by atoms with Crippen LogP contribution in [0, 0.1) is 20.8 Å². The van der Waals surface area contributed by atoms with Crippen LogP contribution in [0.5, 0.6) is 0 Å². The van der Waals surface area contributed by atoms with Crippen molar-refractivity contribution < 1.29 is 18.0 Å². The lowest BCUT2D eigenvalue weighted by Crippen LogP contribution is -2.45. The lowest BCUT2D eigenvalue weighted by molar-refractivity contribution is -0.148. The van der Waals surface area contributed by atoms with Crippen molar-refractivity contribution in [1.82, 2.24) is 25.0 Å². The standard InChI is InChI=1S/C29H39F3N6O2/c1-7-38(21-10-8-20(9-11-21)36(5)16-29(30,31)32)26-19(4)22(13-25-24(26)15-34-37(25)6)27(39)33-14-23-17(2)12-18(3)35-28(23)40/h12-13,15,20-21H,7-11,14,16H2,1-6H3,(H,33,39)(H,35,40). The number of carbonyl (C=O) groups excluding carboxylic acids is 1. The predicted octanol–water partition coefficient (Wildman–Crippen LogP) is 4.75. The summed E-state index contributed by atoms with van der Waals surface area (Å²) in [4.78, 5) is 32.5. The molecule has 0 aliphatic heterocycles. The molecule has 4 rings (SSSR count). The SMILES string of the molecule is CCN(c1c(C)c(C(=O)NCc2c(C)cc(C)[nH]c2=O)cc2c1cnn2C)C1CCC(N(C)CC(F)(F)F)CC1. The molecule has 8 nitrogen and oxygen atoms in total. The number of benzene rings is 1. The summed E-state index contributed by atoms with van der Waals surface area (Å²) >= 11 is 0. The first kappa shape index (κ1) is 29.6. The second kappa shape index (κ2) is 11.6. The topological polar surface area (TPSA) is 86.3 Å². The Morgan fingerprint density at radius 3 is 2.40 bits per heavy atom. The van der Waals surface area contributed by atoms with Crippen molar-refractivity contribution >= 4 is 22.5 Å². The van der Waals surface area contributed by atoms with Gasteiger partial charge < -0.3 is 15.2 Å². The van der Waals surface area contributed by atoms with Crippen molar-refractivity contribution in [2.24, 2.45) is 7.05 Å². The van der Waals surface area contributed by atoms with Crippen molar-refractivity contribution in [3.05, 3.63) is 56.6 Å². The lowest BCUT2D eigenvalue weighted by atomic mass is 9.88. The highest BCUT2D eigenvalue weighted by molar-refractivity contribution is 6.05. The molecule has 1 aliphatic rings.